The predicted octanol–water partition coefficient (Wildman–Crippen LogP) is 6.18. The molecule has 1 heterocycles. The molecule has 2 N–H and O–H groups in total. The van der Waals surface area contributed by atoms with Gasteiger partial charge in [-0.2, -0.15) is 0 Å². The third kappa shape index (κ3) is 3.20. The summed E-state index contributed by atoms with van der Waals surface area (Å²) in [4.78, 5) is 0. The number of benzene rings is 2. The van der Waals surface area contributed by atoms with Gasteiger partial charge in [-0.05, 0) is 44.5 Å². The lowest BCUT2D eigenvalue weighted by molar-refractivity contribution is 0.471. The lowest BCUT2D eigenvalue weighted by atomic mass is 10.1. The molecule has 0 aliphatic carbocycles. The molecule has 0 atom stereocenters. The largest absolute Gasteiger partial charge is 0.508 e. The van der Waals surface area contributed by atoms with E-state index in [1.165, 1.54) is 32.1 Å². The van der Waals surface area contributed by atoms with Crippen LogP contribution in [0.15, 0.2) is 24.3 Å². The maximum absolute atomic E-state index is 10.2. The lowest BCUT2D eigenvalue weighted by Crippen LogP contribution is -2.00. The summed E-state index contributed by atoms with van der Waals surface area (Å²) >= 11 is 0. The number of hydrogen-bond acceptors (Lipinski definition) is 2. The number of phenols is 2. The van der Waals surface area contributed by atoms with E-state index in [4.69, 9.17) is 0 Å². The zero-order valence-electron chi connectivity index (χ0n) is 15.6. The van der Waals surface area contributed by atoms with Crippen LogP contribution in [0.1, 0.15) is 56.6 Å². The standard InChI is InChI=1S/C22H29NO2/c1-4-5-6-7-8-9-14-23-21-15(2)19(24)12-10-17(21)18-11-13-20(25)16(3)22(18)23/h10-13,24-25H,4-9,14H2,1-3H3. The van der Waals surface area contributed by atoms with Gasteiger partial charge in [0, 0.05) is 28.4 Å². The fourth-order valence-corrected chi connectivity index (χ4v) is 3.90. The Bertz CT molecular complexity index is 827. The van der Waals surface area contributed by atoms with E-state index in [2.05, 4.69) is 11.5 Å². The normalized spacial score (nSPS) is 11.6. The average molecular weight is 339 g/mol. The zero-order chi connectivity index (χ0) is 18.0. The fraction of sp³-hybridized carbons (Fsp3) is 0.455. The molecule has 0 bridgehead atoms. The van der Waals surface area contributed by atoms with Crippen molar-refractivity contribution in [3.05, 3.63) is 35.4 Å². The number of fused-ring (bicyclic) bond motifs is 3. The number of phenolic OH excluding ortho intramolecular Hbond substituents is 2. The fourth-order valence-electron chi connectivity index (χ4n) is 3.90. The maximum Gasteiger partial charge on any atom is 0.120 e. The summed E-state index contributed by atoms with van der Waals surface area (Å²) in [6.45, 7) is 7.11. The molecule has 3 aromatic rings. The highest BCUT2D eigenvalue weighted by Gasteiger charge is 2.17. The first-order chi connectivity index (χ1) is 12.1. The van der Waals surface area contributed by atoms with Crippen LogP contribution in [0.2, 0.25) is 0 Å². The summed E-state index contributed by atoms with van der Waals surface area (Å²) in [5.74, 6) is 0.669. The summed E-state index contributed by atoms with van der Waals surface area (Å²) in [6.07, 6.45) is 7.51. The van der Waals surface area contributed by atoms with E-state index in [0.29, 0.717) is 11.5 Å². The van der Waals surface area contributed by atoms with E-state index < -0.39 is 0 Å². The SMILES string of the molecule is CCCCCCCCn1c2c(C)c(O)ccc2c2ccc(O)c(C)c21. The highest BCUT2D eigenvalue weighted by atomic mass is 16.3. The predicted molar refractivity (Wildman–Crippen MR) is 106 cm³/mol. The Kier molecular flexibility index (Phi) is 5.22. The summed E-state index contributed by atoms with van der Waals surface area (Å²) in [5, 5.41) is 22.7. The molecule has 0 saturated heterocycles. The van der Waals surface area contributed by atoms with Gasteiger partial charge in [-0.15, -0.1) is 0 Å². The molecule has 0 radical (unpaired) electrons. The van der Waals surface area contributed by atoms with Gasteiger partial charge in [-0.25, -0.2) is 0 Å². The van der Waals surface area contributed by atoms with Crippen molar-refractivity contribution in [2.24, 2.45) is 0 Å². The maximum atomic E-state index is 10.2. The minimum atomic E-state index is 0.335. The molecular formula is C22H29NO2. The van der Waals surface area contributed by atoms with Crippen molar-refractivity contribution in [3.8, 4) is 11.5 Å². The third-order valence-electron chi connectivity index (χ3n) is 5.37. The molecule has 3 rings (SSSR count). The Morgan fingerprint density at radius 3 is 1.72 bits per heavy atom. The quantitative estimate of drug-likeness (QED) is 0.505. The molecule has 0 amide bonds. The van der Waals surface area contributed by atoms with Crippen LogP contribution in [-0.4, -0.2) is 14.8 Å². The number of nitrogens with zero attached hydrogens (tertiary/aromatic N) is 1. The number of hydrogen-bond donors (Lipinski definition) is 2. The first kappa shape index (κ1) is 17.7. The minimum absolute atomic E-state index is 0.335. The van der Waals surface area contributed by atoms with Crippen molar-refractivity contribution in [1.82, 2.24) is 4.57 Å². The molecule has 3 nitrogen and oxygen atoms in total. The van der Waals surface area contributed by atoms with Gasteiger partial charge in [0.2, 0.25) is 0 Å². The lowest BCUT2D eigenvalue weighted by Gasteiger charge is -2.12. The van der Waals surface area contributed by atoms with Crippen LogP contribution in [0.5, 0.6) is 11.5 Å². The molecule has 0 aliphatic rings. The van der Waals surface area contributed by atoms with E-state index in [1.54, 1.807) is 12.1 Å². The first-order valence-corrected chi connectivity index (χ1v) is 9.49. The molecule has 3 heteroatoms. The van der Waals surface area contributed by atoms with E-state index in [-0.39, 0.29) is 0 Å². The van der Waals surface area contributed by atoms with Crippen LogP contribution in [0, 0.1) is 13.8 Å². The number of aromatic nitrogens is 1. The van der Waals surface area contributed by atoms with Crippen molar-refractivity contribution in [3.63, 3.8) is 0 Å². The van der Waals surface area contributed by atoms with Crippen LogP contribution in [-0.2, 0) is 6.54 Å². The highest BCUT2D eigenvalue weighted by molar-refractivity contribution is 6.11. The molecule has 0 spiro atoms. The third-order valence-corrected chi connectivity index (χ3v) is 5.37. The zero-order valence-corrected chi connectivity index (χ0v) is 15.6. The van der Waals surface area contributed by atoms with E-state index >= 15 is 0 Å². The topological polar surface area (TPSA) is 45.4 Å². The summed E-state index contributed by atoms with van der Waals surface area (Å²) in [7, 11) is 0. The van der Waals surface area contributed by atoms with Crippen LogP contribution in [0.3, 0.4) is 0 Å². The summed E-state index contributed by atoms with van der Waals surface area (Å²) in [5.41, 5.74) is 4.02. The Morgan fingerprint density at radius 1 is 0.720 bits per heavy atom. The molecule has 0 saturated carbocycles. The van der Waals surface area contributed by atoms with Gasteiger partial charge in [0.15, 0.2) is 0 Å². The second-order valence-electron chi connectivity index (χ2n) is 7.13. The molecule has 134 valence electrons. The number of rotatable bonds is 7. The van der Waals surface area contributed by atoms with Crippen molar-refractivity contribution >= 4 is 21.8 Å². The van der Waals surface area contributed by atoms with Gasteiger partial charge in [0.25, 0.3) is 0 Å². The molecule has 25 heavy (non-hydrogen) atoms. The molecule has 2 aromatic carbocycles. The van der Waals surface area contributed by atoms with Crippen molar-refractivity contribution in [2.75, 3.05) is 0 Å². The van der Waals surface area contributed by atoms with E-state index in [9.17, 15) is 10.2 Å². The minimum Gasteiger partial charge on any atom is -0.508 e. The summed E-state index contributed by atoms with van der Waals surface area (Å²) in [6, 6.07) is 7.53. The Labute approximate surface area is 149 Å². The second-order valence-corrected chi connectivity index (χ2v) is 7.13. The monoisotopic (exact) mass is 339 g/mol. The number of aryl methyl sites for hydroxylation is 3. The average Bonchev–Trinajstić information content (AvgIpc) is 2.92. The highest BCUT2D eigenvalue weighted by Crippen LogP contribution is 2.38. The van der Waals surface area contributed by atoms with Crippen molar-refractivity contribution < 1.29 is 10.2 Å². The van der Waals surface area contributed by atoms with Gasteiger partial charge in [0.05, 0.1) is 11.0 Å². The Morgan fingerprint density at radius 2 is 1.20 bits per heavy atom. The van der Waals surface area contributed by atoms with E-state index in [1.807, 2.05) is 26.0 Å². The molecule has 0 aliphatic heterocycles. The van der Waals surface area contributed by atoms with Crippen LogP contribution >= 0.6 is 0 Å². The van der Waals surface area contributed by atoms with Crippen molar-refractivity contribution in [2.45, 2.75) is 65.8 Å². The number of aromatic hydroxyl groups is 2. The molecule has 0 unspecified atom stereocenters. The smallest absolute Gasteiger partial charge is 0.120 e. The van der Waals surface area contributed by atoms with Crippen LogP contribution in [0.25, 0.3) is 21.8 Å². The van der Waals surface area contributed by atoms with E-state index in [0.717, 1.165) is 45.9 Å². The van der Waals surface area contributed by atoms with Gasteiger partial charge in [0.1, 0.15) is 11.5 Å². The Balaban J connectivity index is 2.03. The number of unbranched alkanes of at least 4 members (excludes halogenated alkanes) is 5. The molecule has 0 fully saturated rings. The van der Waals surface area contributed by atoms with Gasteiger partial charge in [-0.1, -0.05) is 39.0 Å². The van der Waals surface area contributed by atoms with Crippen LogP contribution < -0.4 is 0 Å². The second kappa shape index (κ2) is 7.38. The Hall–Kier alpha value is -2.16. The van der Waals surface area contributed by atoms with Gasteiger partial charge in [-0.3, -0.25) is 0 Å². The van der Waals surface area contributed by atoms with Crippen molar-refractivity contribution in [1.29, 1.82) is 0 Å². The van der Waals surface area contributed by atoms with Gasteiger partial charge < -0.3 is 14.8 Å². The molecular weight excluding hydrogens is 310 g/mol. The first-order valence-electron chi connectivity index (χ1n) is 9.49. The van der Waals surface area contributed by atoms with Gasteiger partial charge >= 0.3 is 0 Å². The molecule has 1 aromatic heterocycles. The summed E-state index contributed by atoms with van der Waals surface area (Å²) < 4.78 is 2.30. The van der Waals surface area contributed by atoms with Crippen LogP contribution in [0.4, 0.5) is 0 Å².